The Balaban J connectivity index is 1.62. The lowest BCUT2D eigenvalue weighted by molar-refractivity contribution is -0.136. The molecule has 136 valence electrons. The molecule has 5 nitrogen and oxygen atoms in total. The molecule has 2 aliphatic rings. The van der Waals surface area contributed by atoms with Crippen molar-refractivity contribution >= 4 is 35.0 Å². The van der Waals surface area contributed by atoms with E-state index in [9.17, 15) is 9.59 Å². The minimum Gasteiger partial charge on any atom is -0.494 e. The Morgan fingerprint density at radius 3 is 2.04 bits per heavy atom. The standard InChI is InChI=1S/C18H22Cl2N2O3/c1-25-16-14(19)10-13(11-15(16)20)18(24)22-8-6-21(7-9-22)17(23)12-4-2-3-5-12/h10-12H,2-9H2,1H3. The van der Waals surface area contributed by atoms with Crippen molar-refractivity contribution in [2.45, 2.75) is 25.7 Å². The molecule has 1 saturated heterocycles. The molecule has 1 aromatic rings. The molecule has 2 fully saturated rings. The lowest BCUT2D eigenvalue weighted by Crippen LogP contribution is -2.51. The molecule has 1 aliphatic carbocycles. The van der Waals surface area contributed by atoms with E-state index in [2.05, 4.69) is 0 Å². The lowest BCUT2D eigenvalue weighted by atomic mass is 10.1. The van der Waals surface area contributed by atoms with Crippen LogP contribution in [0.3, 0.4) is 0 Å². The normalized spacial score (nSPS) is 18.5. The van der Waals surface area contributed by atoms with E-state index >= 15 is 0 Å². The third kappa shape index (κ3) is 3.87. The number of rotatable bonds is 3. The number of nitrogens with zero attached hydrogens (tertiary/aromatic N) is 2. The number of hydrogen-bond acceptors (Lipinski definition) is 3. The predicted molar refractivity (Wildman–Crippen MR) is 97.5 cm³/mol. The molecule has 1 aliphatic heterocycles. The first kappa shape index (κ1) is 18.3. The lowest BCUT2D eigenvalue weighted by Gasteiger charge is -2.36. The van der Waals surface area contributed by atoms with Crippen LogP contribution in [0, 0.1) is 5.92 Å². The predicted octanol–water partition coefficient (Wildman–Crippen LogP) is 3.48. The van der Waals surface area contributed by atoms with Gasteiger partial charge in [-0.15, -0.1) is 0 Å². The quantitative estimate of drug-likeness (QED) is 0.801. The summed E-state index contributed by atoms with van der Waals surface area (Å²) in [6.45, 7) is 2.22. The van der Waals surface area contributed by atoms with Gasteiger partial charge in [0.15, 0.2) is 5.75 Å². The van der Waals surface area contributed by atoms with Crippen molar-refractivity contribution in [1.82, 2.24) is 9.80 Å². The number of halogens is 2. The molecule has 0 atom stereocenters. The van der Waals surface area contributed by atoms with Crippen LogP contribution in [0.1, 0.15) is 36.0 Å². The summed E-state index contributed by atoms with van der Waals surface area (Å²) in [5.74, 6) is 0.674. The van der Waals surface area contributed by atoms with Crippen molar-refractivity contribution in [2.75, 3.05) is 33.3 Å². The summed E-state index contributed by atoms with van der Waals surface area (Å²) in [6.07, 6.45) is 4.29. The monoisotopic (exact) mass is 384 g/mol. The summed E-state index contributed by atoms with van der Waals surface area (Å²) in [4.78, 5) is 28.8. The number of ether oxygens (including phenoxy) is 1. The molecule has 3 rings (SSSR count). The summed E-state index contributed by atoms with van der Waals surface area (Å²) in [5.41, 5.74) is 0.436. The largest absolute Gasteiger partial charge is 0.494 e. The van der Waals surface area contributed by atoms with Crippen LogP contribution < -0.4 is 4.74 Å². The van der Waals surface area contributed by atoms with Crippen LogP contribution in [0.15, 0.2) is 12.1 Å². The third-order valence-electron chi connectivity index (χ3n) is 5.03. The van der Waals surface area contributed by atoms with Gasteiger partial charge in [-0.2, -0.15) is 0 Å². The molecule has 25 heavy (non-hydrogen) atoms. The highest BCUT2D eigenvalue weighted by Crippen LogP contribution is 2.34. The number of hydrogen-bond donors (Lipinski definition) is 0. The zero-order valence-corrected chi connectivity index (χ0v) is 15.8. The summed E-state index contributed by atoms with van der Waals surface area (Å²) in [7, 11) is 1.48. The van der Waals surface area contributed by atoms with E-state index in [4.69, 9.17) is 27.9 Å². The maximum absolute atomic E-state index is 12.7. The Labute approximate surface area is 157 Å². The second kappa shape index (κ2) is 7.83. The Kier molecular flexibility index (Phi) is 5.74. The molecule has 0 bridgehead atoms. The van der Waals surface area contributed by atoms with Crippen molar-refractivity contribution in [2.24, 2.45) is 5.92 Å². The molecule has 0 radical (unpaired) electrons. The zero-order chi connectivity index (χ0) is 18.0. The van der Waals surface area contributed by atoms with Gasteiger partial charge >= 0.3 is 0 Å². The highest BCUT2D eigenvalue weighted by atomic mass is 35.5. The Morgan fingerprint density at radius 1 is 1.00 bits per heavy atom. The van der Waals surface area contributed by atoms with Crippen LogP contribution in [-0.4, -0.2) is 54.9 Å². The van der Waals surface area contributed by atoms with Gasteiger partial charge in [0, 0.05) is 37.7 Å². The average molecular weight is 385 g/mol. The summed E-state index contributed by atoms with van der Waals surface area (Å²) in [6, 6.07) is 3.15. The van der Waals surface area contributed by atoms with Gasteiger partial charge < -0.3 is 14.5 Å². The minimum absolute atomic E-state index is 0.126. The van der Waals surface area contributed by atoms with E-state index in [1.54, 1.807) is 17.0 Å². The first-order valence-corrected chi connectivity index (χ1v) is 9.38. The van der Waals surface area contributed by atoms with Gasteiger partial charge in [0.1, 0.15) is 0 Å². The van der Waals surface area contributed by atoms with Crippen molar-refractivity contribution in [3.8, 4) is 5.75 Å². The van der Waals surface area contributed by atoms with E-state index in [0.717, 1.165) is 25.7 Å². The van der Waals surface area contributed by atoms with E-state index in [0.29, 0.717) is 47.5 Å². The van der Waals surface area contributed by atoms with E-state index in [-0.39, 0.29) is 17.7 Å². The van der Waals surface area contributed by atoms with Gasteiger partial charge in [-0.3, -0.25) is 9.59 Å². The fourth-order valence-corrected chi connectivity index (χ4v) is 4.26. The van der Waals surface area contributed by atoms with E-state index < -0.39 is 0 Å². The Hall–Kier alpha value is -1.46. The number of piperazine rings is 1. The van der Waals surface area contributed by atoms with Gasteiger partial charge in [-0.05, 0) is 25.0 Å². The van der Waals surface area contributed by atoms with Crippen LogP contribution in [-0.2, 0) is 4.79 Å². The molecular formula is C18H22Cl2N2O3. The van der Waals surface area contributed by atoms with Crippen LogP contribution in [0.2, 0.25) is 10.0 Å². The number of carbonyl (C=O) groups excluding carboxylic acids is 2. The van der Waals surface area contributed by atoms with E-state index in [1.807, 2.05) is 4.90 Å². The van der Waals surface area contributed by atoms with Gasteiger partial charge in [-0.25, -0.2) is 0 Å². The number of carbonyl (C=O) groups is 2. The van der Waals surface area contributed by atoms with Gasteiger partial charge in [0.25, 0.3) is 5.91 Å². The van der Waals surface area contributed by atoms with Gasteiger partial charge in [-0.1, -0.05) is 36.0 Å². The highest BCUT2D eigenvalue weighted by Gasteiger charge is 2.31. The second-order valence-electron chi connectivity index (χ2n) is 6.57. The molecule has 0 unspecified atom stereocenters. The summed E-state index contributed by atoms with van der Waals surface area (Å²) < 4.78 is 5.11. The first-order chi connectivity index (χ1) is 12.0. The van der Waals surface area contributed by atoms with Crippen LogP contribution >= 0.6 is 23.2 Å². The van der Waals surface area contributed by atoms with Gasteiger partial charge in [0.05, 0.1) is 17.2 Å². The second-order valence-corrected chi connectivity index (χ2v) is 7.39. The number of benzene rings is 1. The maximum Gasteiger partial charge on any atom is 0.254 e. The van der Waals surface area contributed by atoms with Gasteiger partial charge in [0.2, 0.25) is 5.91 Å². The fraction of sp³-hybridized carbons (Fsp3) is 0.556. The molecule has 0 N–H and O–H groups in total. The Bertz CT molecular complexity index is 643. The molecule has 2 amide bonds. The average Bonchev–Trinajstić information content (AvgIpc) is 3.15. The molecule has 1 saturated carbocycles. The number of methoxy groups -OCH3 is 1. The topological polar surface area (TPSA) is 49.9 Å². The van der Waals surface area contributed by atoms with Crippen LogP contribution in [0.4, 0.5) is 0 Å². The Morgan fingerprint density at radius 2 is 1.52 bits per heavy atom. The zero-order valence-electron chi connectivity index (χ0n) is 14.3. The fourth-order valence-electron chi connectivity index (χ4n) is 3.62. The van der Waals surface area contributed by atoms with Crippen molar-refractivity contribution in [1.29, 1.82) is 0 Å². The first-order valence-electron chi connectivity index (χ1n) is 8.62. The summed E-state index contributed by atoms with van der Waals surface area (Å²) >= 11 is 12.2. The molecule has 0 aromatic heterocycles. The van der Waals surface area contributed by atoms with Crippen molar-refractivity contribution in [3.05, 3.63) is 27.7 Å². The van der Waals surface area contributed by atoms with E-state index in [1.165, 1.54) is 7.11 Å². The SMILES string of the molecule is COc1c(Cl)cc(C(=O)N2CCN(C(=O)C3CCCC3)CC2)cc1Cl. The smallest absolute Gasteiger partial charge is 0.254 e. The maximum atomic E-state index is 12.7. The molecule has 7 heteroatoms. The van der Waals surface area contributed by atoms with Crippen molar-refractivity contribution in [3.63, 3.8) is 0 Å². The highest BCUT2D eigenvalue weighted by molar-refractivity contribution is 6.37. The molecule has 1 heterocycles. The molecule has 1 aromatic carbocycles. The molecule has 0 spiro atoms. The number of amides is 2. The third-order valence-corrected chi connectivity index (χ3v) is 5.59. The molecular weight excluding hydrogens is 363 g/mol. The van der Waals surface area contributed by atoms with Crippen LogP contribution in [0.5, 0.6) is 5.75 Å². The van der Waals surface area contributed by atoms with Crippen LogP contribution in [0.25, 0.3) is 0 Å². The summed E-state index contributed by atoms with van der Waals surface area (Å²) in [5, 5.41) is 0.627. The minimum atomic E-state index is -0.126. The van der Waals surface area contributed by atoms with Crippen molar-refractivity contribution < 1.29 is 14.3 Å².